The highest BCUT2D eigenvalue weighted by Crippen LogP contribution is 2.24. The third kappa shape index (κ3) is 3.79. The Morgan fingerprint density at radius 1 is 1.29 bits per heavy atom. The summed E-state index contributed by atoms with van der Waals surface area (Å²) < 4.78 is 0. The Kier molecular flexibility index (Phi) is 4.74. The Hall–Kier alpha value is 0.270. The number of hydrogen-bond acceptors (Lipinski definition) is 3. The molecule has 1 fully saturated rings. The highest BCUT2D eigenvalue weighted by Gasteiger charge is 2.23. The largest absolute Gasteiger partial charge is 0.326 e. The van der Waals surface area contributed by atoms with E-state index in [1.807, 2.05) is 0 Å². The zero-order valence-corrected chi connectivity index (χ0v) is 10.7. The van der Waals surface area contributed by atoms with Crippen LogP contribution in [0.4, 0.5) is 0 Å². The molecule has 0 spiro atoms. The molecule has 0 bridgehead atoms. The normalized spacial score (nSPS) is 32.1. The van der Waals surface area contributed by atoms with Crippen LogP contribution >= 0.6 is 11.8 Å². The minimum absolute atomic E-state index is 0.331. The summed E-state index contributed by atoms with van der Waals surface area (Å²) in [5, 5.41) is 1.52. The van der Waals surface area contributed by atoms with Crippen molar-refractivity contribution in [2.24, 2.45) is 11.7 Å². The van der Waals surface area contributed by atoms with Gasteiger partial charge in [-0.2, -0.15) is 11.8 Å². The molecule has 1 heterocycles. The molecule has 1 aliphatic rings. The predicted octanol–water partition coefficient (Wildman–Crippen LogP) is 1.80. The smallest absolute Gasteiger partial charge is 0.0191 e. The Morgan fingerprint density at radius 3 is 2.21 bits per heavy atom. The molecule has 0 aliphatic carbocycles. The summed E-state index contributed by atoms with van der Waals surface area (Å²) >= 11 is 2.10. The van der Waals surface area contributed by atoms with Crippen LogP contribution in [0, 0.1) is 5.92 Å². The van der Waals surface area contributed by atoms with Gasteiger partial charge in [-0.3, -0.25) is 4.90 Å². The van der Waals surface area contributed by atoms with Gasteiger partial charge in [0, 0.05) is 36.2 Å². The van der Waals surface area contributed by atoms with Gasteiger partial charge in [0.2, 0.25) is 0 Å². The minimum Gasteiger partial charge on any atom is -0.326 e. The highest BCUT2D eigenvalue weighted by molar-refractivity contribution is 8.00. The lowest BCUT2D eigenvalue weighted by Gasteiger charge is -2.36. The molecule has 1 aliphatic heterocycles. The monoisotopic (exact) mass is 216 g/mol. The number of hydrogen-bond donors (Lipinski definition) is 1. The Bertz CT molecular complexity index is 163. The molecule has 0 amide bonds. The first kappa shape index (κ1) is 12.3. The maximum absolute atomic E-state index is 6.09. The van der Waals surface area contributed by atoms with Crippen LogP contribution in [0.2, 0.25) is 0 Å². The van der Waals surface area contributed by atoms with E-state index in [-0.39, 0.29) is 0 Å². The standard InChI is InChI=1S/C11H24N2S/c1-8(2)11(12)7-13-5-9(3)14-10(4)6-13/h8-11H,5-7,12H2,1-4H3/t9?,10?,11-/m0/s1. The average molecular weight is 216 g/mol. The van der Waals surface area contributed by atoms with Crippen molar-refractivity contribution in [3.8, 4) is 0 Å². The second-order valence-electron chi connectivity index (χ2n) is 4.88. The number of nitrogens with zero attached hydrogens (tertiary/aromatic N) is 1. The van der Waals surface area contributed by atoms with Crippen LogP contribution in [0.5, 0.6) is 0 Å². The van der Waals surface area contributed by atoms with Gasteiger partial charge in [0.05, 0.1) is 0 Å². The van der Waals surface area contributed by atoms with E-state index in [1.54, 1.807) is 0 Å². The fourth-order valence-corrected chi connectivity index (χ4v) is 3.33. The molecule has 3 atom stereocenters. The molecule has 0 aromatic heterocycles. The quantitative estimate of drug-likeness (QED) is 0.780. The molecule has 84 valence electrons. The molecule has 0 aromatic carbocycles. The van der Waals surface area contributed by atoms with Crippen molar-refractivity contribution in [1.29, 1.82) is 0 Å². The molecule has 14 heavy (non-hydrogen) atoms. The molecular weight excluding hydrogens is 192 g/mol. The van der Waals surface area contributed by atoms with Gasteiger partial charge in [0.15, 0.2) is 0 Å². The van der Waals surface area contributed by atoms with Crippen LogP contribution in [0.3, 0.4) is 0 Å². The molecule has 2 N–H and O–H groups in total. The van der Waals surface area contributed by atoms with Crippen LogP contribution in [0.1, 0.15) is 27.7 Å². The second-order valence-corrected chi connectivity index (χ2v) is 6.77. The summed E-state index contributed by atoms with van der Waals surface area (Å²) in [4.78, 5) is 2.52. The highest BCUT2D eigenvalue weighted by atomic mass is 32.2. The summed E-state index contributed by atoms with van der Waals surface area (Å²) in [7, 11) is 0. The van der Waals surface area contributed by atoms with Crippen LogP contribution in [0.25, 0.3) is 0 Å². The van der Waals surface area contributed by atoms with Crippen molar-refractivity contribution in [1.82, 2.24) is 4.90 Å². The summed E-state index contributed by atoms with van der Waals surface area (Å²) in [5.74, 6) is 0.593. The lowest BCUT2D eigenvalue weighted by molar-refractivity contribution is 0.236. The molecule has 1 rings (SSSR count). The average Bonchev–Trinajstić information content (AvgIpc) is 2.01. The predicted molar refractivity (Wildman–Crippen MR) is 65.8 cm³/mol. The molecule has 3 heteroatoms. The van der Waals surface area contributed by atoms with Gasteiger partial charge in [-0.15, -0.1) is 0 Å². The zero-order chi connectivity index (χ0) is 10.7. The maximum atomic E-state index is 6.09. The van der Waals surface area contributed by atoms with Crippen molar-refractivity contribution < 1.29 is 0 Å². The van der Waals surface area contributed by atoms with Gasteiger partial charge in [-0.05, 0) is 5.92 Å². The zero-order valence-electron chi connectivity index (χ0n) is 9.86. The van der Waals surface area contributed by atoms with E-state index in [1.165, 1.54) is 13.1 Å². The van der Waals surface area contributed by atoms with Gasteiger partial charge in [-0.25, -0.2) is 0 Å². The lowest BCUT2D eigenvalue weighted by Crippen LogP contribution is -2.47. The summed E-state index contributed by atoms with van der Waals surface area (Å²) in [6.45, 7) is 12.5. The van der Waals surface area contributed by atoms with Crippen molar-refractivity contribution in [3.63, 3.8) is 0 Å². The fourth-order valence-electron chi connectivity index (χ4n) is 1.94. The Balaban J connectivity index is 2.36. The van der Waals surface area contributed by atoms with Gasteiger partial charge in [-0.1, -0.05) is 27.7 Å². The first-order valence-corrected chi connectivity index (χ1v) is 6.56. The van der Waals surface area contributed by atoms with Crippen LogP contribution < -0.4 is 5.73 Å². The summed E-state index contributed by atoms with van der Waals surface area (Å²) in [6, 6.07) is 0.331. The van der Waals surface area contributed by atoms with Crippen LogP contribution in [-0.2, 0) is 0 Å². The molecule has 0 radical (unpaired) electrons. The molecular formula is C11H24N2S. The van der Waals surface area contributed by atoms with Crippen molar-refractivity contribution in [2.75, 3.05) is 19.6 Å². The number of nitrogens with two attached hydrogens (primary N) is 1. The topological polar surface area (TPSA) is 29.3 Å². The summed E-state index contributed by atoms with van der Waals surface area (Å²) in [6.07, 6.45) is 0. The SMILES string of the molecule is CC1CN(C[C@H](N)C(C)C)CC(C)S1. The lowest BCUT2D eigenvalue weighted by atomic mass is 10.0. The Labute approximate surface area is 92.6 Å². The molecule has 2 nitrogen and oxygen atoms in total. The van der Waals surface area contributed by atoms with E-state index in [9.17, 15) is 0 Å². The van der Waals surface area contributed by atoms with Crippen molar-refractivity contribution in [3.05, 3.63) is 0 Å². The first-order chi connectivity index (χ1) is 6.49. The van der Waals surface area contributed by atoms with Crippen LogP contribution in [0.15, 0.2) is 0 Å². The van der Waals surface area contributed by atoms with E-state index in [4.69, 9.17) is 5.73 Å². The number of thioether (sulfide) groups is 1. The van der Waals surface area contributed by atoms with Crippen molar-refractivity contribution in [2.45, 2.75) is 44.2 Å². The van der Waals surface area contributed by atoms with Gasteiger partial charge in [0.1, 0.15) is 0 Å². The maximum Gasteiger partial charge on any atom is 0.0191 e. The fraction of sp³-hybridized carbons (Fsp3) is 1.00. The van der Waals surface area contributed by atoms with Crippen LogP contribution in [-0.4, -0.2) is 41.1 Å². The van der Waals surface area contributed by atoms with Crippen molar-refractivity contribution >= 4 is 11.8 Å². The molecule has 1 saturated heterocycles. The Morgan fingerprint density at radius 2 is 1.79 bits per heavy atom. The molecule has 2 unspecified atom stereocenters. The van der Waals surface area contributed by atoms with Gasteiger partial charge in [0.25, 0.3) is 0 Å². The second kappa shape index (κ2) is 5.38. The van der Waals surface area contributed by atoms with E-state index in [0.29, 0.717) is 12.0 Å². The van der Waals surface area contributed by atoms with E-state index >= 15 is 0 Å². The van der Waals surface area contributed by atoms with Gasteiger partial charge < -0.3 is 5.73 Å². The third-order valence-electron chi connectivity index (χ3n) is 2.82. The van der Waals surface area contributed by atoms with Gasteiger partial charge >= 0.3 is 0 Å². The van der Waals surface area contributed by atoms with E-state index in [0.717, 1.165) is 17.0 Å². The molecule has 0 aromatic rings. The summed E-state index contributed by atoms with van der Waals surface area (Å²) in [5.41, 5.74) is 6.09. The van der Waals surface area contributed by atoms with E-state index in [2.05, 4.69) is 44.4 Å². The first-order valence-electron chi connectivity index (χ1n) is 5.62. The van der Waals surface area contributed by atoms with E-state index < -0.39 is 0 Å². The third-order valence-corrected chi connectivity index (χ3v) is 4.05. The number of rotatable bonds is 3. The molecule has 0 saturated carbocycles. The minimum atomic E-state index is 0.331.